The van der Waals surface area contributed by atoms with Crippen molar-refractivity contribution < 1.29 is 9.21 Å². The molecule has 1 N–H and O–H groups in total. The minimum absolute atomic E-state index is 0.0406. The van der Waals surface area contributed by atoms with E-state index in [1.807, 2.05) is 42.5 Å². The fourth-order valence-corrected chi connectivity index (χ4v) is 3.34. The second-order valence-electron chi connectivity index (χ2n) is 6.44. The van der Waals surface area contributed by atoms with Crippen molar-refractivity contribution in [2.45, 2.75) is 25.3 Å². The highest BCUT2D eigenvalue weighted by molar-refractivity contribution is 5.80. The first-order chi connectivity index (χ1) is 12.3. The maximum absolute atomic E-state index is 12.6. The molecule has 1 aliphatic rings. The van der Waals surface area contributed by atoms with E-state index in [1.54, 1.807) is 12.4 Å². The molecule has 4 heteroatoms. The van der Waals surface area contributed by atoms with Crippen LogP contribution in [0.4, 0.5) is 0 Å². The van der Waals surface area contributed by atoms with Crippen LogP contribution in [0.25, 0.3) is 11.0 Å². The molecule has 0 saturated carbocycles. The average molecular weight is 332 g/mol. The molecule has 2 aromatic heterocycles. The van der Waals surface area contributed by atoms with E-state index in [9.17, 15) is 4.79 Å². The van der Waals surface area contributed by atoms with Crippen molar-refractivity contribution in [3.8, 4) is 0 Å². The lowest BCUT2D eigenvalue weighted by Gasteiger charge is -2.18. The average Bonchev–Trinajstić information content (AvgIpc) is 3.29. The zero-order chi connectivity index (χ0) is 17.1. The second kappa shape index (κ2) is 6.93. The number of nitrogens with zero attached hydrogens (tertiary/aromatic N) is 1. The van der Waals surface area contributed by atoms with E-state index >= 15 is 0 Å². The van der Waals surface area contributed by atoms with Gasteiger partial charge in [-0.1, -0.05) is 30.4 Å². The number of rotatable bonds is 5. The van der Waals surface area contributed by atoms with Crippen LogP contribution in [-0.2, 0) is 4.79 Å². The molecule has 25 heavy (non-hydrogen) atoms. The normalized spacial score (nSPS) is 17.7. The smallest absolute Gasteiger partial charge is 0.221 e. The predicted octanol–water partition coefficient (Wildman–Crippen LogP) is 4.39. The number of allylic oxidation sites excluding steroid dienone is 2. The Morgan fingerprint density at radius 1 is 1.24 bits per heavy atom. The van der Waals surface area contributed by atoms with E-state index in [2.05, 4.69) is 22.5 Å². The molecular weight excluding hydrogens is 312 g/mol. The Morgan fingerprint density at radius 3 is 2.84 bits per heavy atom. The van der Waals surface area contributed by atoms with Crippen LogP contribution in [0.3, 0.4) is 0 Å². The summed E-state index contributed by atoms with van der Waals surface area (Å²) in [6.45, 7) is 0. The summed E-state index contributed by atoms with van der Waals surface area (Å²) in [5.74, 6) is 1.12. The van der Waals surface area contributed by atoms with Crippen molar-refractivity contribution in [1.29, 1.82) is 0 Å². The van der Waals surface area contributed by atoms with Crippen LogP contribution < -0.4 is 5.32 Å². The highest BCUT2D eigenvalue weighted by atomic mass is 16.3. The van der Waals surface area contributed by atoms with Gasteiger partial charge in [0.1, 0.15) is 17.4 Å². The topological polar surface area (TPSA) is 55.1 Å². The Balaban J connectivity index is 1.62. The highest BCUT2D eigenvalue weighted by Crippen LogP contribution is 2.29. The standard InChI is InChI=1S/C21H20N2O2/c24-20(13-15-5-1-2-6-15)23-21(16-9-11-22-12-10-16)19-14-17-7-3-4-8-18(17)25-19/h1,3-5,7-12,14-15,21H,2,6,13H2,(H,23,24)/t15-,21+/m1/s1. The number of aromatic nitrogens is 1. The summed E-state index contributed by atoms with van der Waals surface area (Å²) in [6, 6.07) is 13.4. The summed E-state index contributed by atoms with van der Waals surface area (Å²) in [7, 11) is 0. The van der Waals surface area contributed by atoms with Gasteiger partial charge in [0.25, 0.3) is 0 Å². The third-order valence-electron chi connectivity index (χ3n) is 4.63. The van der Waals surface area contributed by atoms with Crippen LogP contribution in [-0.4, -0.2) is 10.9 Å². The zero-order valence-electron chi connectivity index (χ0n) is 13.9. The summed E-state index contributed by atoms with van der Waals surface area (Å²) in [6.07, 6.45) is 10.4. The van der Waals surface area contributed by atoms with Crippen LogP contribution in [0.2, 0.25) is 0 Å². The predicted molar refractivity (Wildman–Crippen MR) is 96.9 cm³/mol. The maximum atomic E-state index is 12.6. The number of pyridine rings is 1. The van der Waals surface area contributed by atoms with E-state index in [4.69, 9.17) is 4.42 Å². The molecule has 0 unspecified atom stereocenters. The number of amides is 1. The molecule has 0 aliphatic heterocycles. The Labute approximate surface area is 146 Å². The molecule has 3 aromatic rings. The molecule has 1 aromatic carbocycles. The Bertz CT molecular complexity index is 865. The minimum Gasteiger partial charge on any atom is -0.459 e. The van der Waals surface area contributed by atoms with Gasteiger partial charge in [0.2, 0.25) is 5.91 Å². The first-order valence-electron chi connectivity index (χ1n) is 8.64. The molecule has 1 aliphatic carbocycles. The number of carbonyl (C=O) groups excluding carboxylic acids is 1. The summed E-state index contributed by atoms with van der Waals surface area (Å²) in [5, 5.41) is 4.18. The van der Waals surface area contributed by atoms with Gasteiger partial charge in [-0.05, 0) is 48.6 Å². The number of nitrogens with one attached hydrogen (secondary N) is 1. The molecule has 0 spiro atoms. The van der Waals surface area contributed by atoms with Gasteiger partial charge in [-0.2, -0.15) is 0 Å². The van der Waals surface area contributed by atoms with Gasteiger partial charge in [-0.3, -0.25) is 9.78 Å². The van der Waals surface area contributed by atoms with Crippen molar-refractivity contribution in [2.75, 3.05) is 0 Å². The van der Waals surface area contributed by atoms with Crippen LogP contribution in [0.5, 0.6) is 0 Å². The molecule has 0 bridgehead atoms. The van der Waals surface area contributed by atoms with E-state index in [0.29, 0.717) is 12.3 Å². The van der Waals surface area contributed by atoms with E-state index in [-0.39, 0.29) is 11.9 Å². The van der Waals surface area contributed by atoms with E-state index < -0.39 is 0 Å². The molecular formula is C21H20N2O2. The van der Waals surface area contributed by atoms with Crippen molar-refractivity contribution in [3.05, 3.63) is 78.3 Å². The lowest BCUT2D eigenvalue weighted by Crippen LogP contribution is -2.30. The monoisotopic (exact) mass is 332 g/mol. The fourth-order valence-electron chi connectivity index (χ4n) is 3.34. The van der Waals surface area contributed by atoms with Gasteiger partial charge >= 0.3 is 0 Å². The van der Waals surface area contributed by atoms with Crippen LogP contribution >= 0.6 is 0 Å². The SMILES string of the molecule is O=C(C[C@@H]1C=CCC1)N[C@@H](c1ccncc1)c1cc2ccccc2o1. The number of furan rings is 1. The number of fused-ring (bicyclic) bond motifs is 1. The molecule has 1 amide bonds. The molecule has 4 rings (SSSR count). The molecule has 0 radical (unpaired) electrons. The zero-order valence-corrected chi connectivity index (χ0v) is 13.9. The number of carbonyl (C=O) groups is 1. The highest BCUT2D eigenvalue weighted by Gasteiger charge is 2.22. The van der Waals surface area contributed by atoms with Gasteiger partial charge in [0, 0.05) is 24.2 Å². The van der Waals surface area contributed by atoms with Gasteiger partial charge in [-0.25, -0.2) is 0 Å². The molecule has 2 heterocycles. The van der Waals surface area contributed by atoms with Crippen LogP contribution in [0, 0.1) is 5.92 Å². The maximum Gasteiger partial charge on any atom is 0.221 e. The summed E-state index contributed by atoms with van der Waals surface area (Å²) >= 11 is 0. The van der Waals surface area contributed by atoms with E-state index in [1.165, 1.54) is 0 Å². The second-order valence-corrected chi connectivity index (χ2v) is 6.44. The molecule has 0 saturated heterocycles. The quantitative estimate of drug-likeness (QED) is 0.705. The molecule has 2 atom stereocenters. The lowest BCUT2D eigenvalue weighted by molar-refractivity contribution is -0.122. The van der Waals surface area contributed by atoms with E-state index in [0.717, 1.165) is 35.1 Å². The summed E-state index contributed by atoms with van der Waals surface area (Å²) in [4.78, 5) is 16.6. The summed E-state index contributed by atoms with van der Waals surface area (Å²) in [5.41, 5.74) is 1.79. The van der Waals surface area contributed by atoms with Gasteiger partial charge in [-0.15, -0.1) is 0 Å². The van der Waals surface area contributed by atoms with Gasteiger partial charge < -0.3 is 9.73 Å². The number of benzene rings is 1. The van der Waals surface area contributed by atoms with Crippen LogP contribution in [0.1, 0.15) is 36.6 Å². The van der Waals surface area contributed by atoms with Gasteiger partial charge in [0.15, 0.2) is 0 Å². The molecule has 126 valence electrons. The number of hydrogen-bond donors (Lipinski definition) is 1. The Kier molecular flexibility index (Phi) is 4.34. The van der Waals surface area contributed by atoms with Crippen LogP contribution in [0.15, 0.2) is 71.4 Å². The third kappa shape index (κ3) is 3.48. The molecule has 4 nitrogen and oxygen atoms in total. The Morgan fingerprint density at radius 2 is 2.08 bits per heavy atom. The first-order valence-corrected chi connectivity index (χ1v) is 8.64. The summed E-state index contributed by atoms with van der Waals surface area (Å²) < 4.78 is 6.01. The van der Waals surface area contributed by atoms with Crippen molar-refractivity contribution in [1.82, 2.24) is 10.3 Å². The lowest BCUT2D eigenvalue weighted by atomic mass is 10.0. The largest absolute Gasteiger partial charge is 0.459 e. The van der Waals surface area contributed by atoms with Crippen molar-refractivity contribution in [3.63, 3.8) is 0 Å². The minimum atomic E-state index is -0.312. The van der Waals surface area contributed by atoms with Crippen molar-refractivity contribution in [2.24, 2.45) is 5.92 Å². The van der Waals surface area contributed by atoms with Gasteiger partial charge in [0.05, 0.1) is 0 Å². The molecule has 0 fully saturated rings. The fraction of sp³-hybridized carbons (Fsp3) is 0.238. The first kappa shape index (κ1) is 15.6. The van der Waals surface area contributed by atoms with Crippen molar-refractivity contribution >= 4 is 16.9 Å². The number of para-hydroxylation sites is 1. The Hall–Kier alpha value is -2.88. The number of hydrogen-bond acceptors (Lipinski definition) is 3. The third-order valence-corrected chi connectivity index (χ3v) is 4.63.